The van der Waals surface area contributed by atoms with Gasteiger partial charge in [-0.2, -0.15) is 5.48 Å². The van der Waals surface area contributed by atoms with Gasteiger partial charge in [-0.25, -0.2) is 0 Å². The van der Waals surface area contributed by atoms with Crippen molar-refractivity contribution in [3.8, 4) is 0 Å². The molecule has 11 heavy (non-hydrogen) atoms. The number of nitrogens with one attached hydrogen (secondary N) is 1. The van der Waals surface area contributed by atoms with Gasteiger partial charge in [0.2, 0.25) is 0 Å². The standard InChI is InChI=1S/C9H13NO/c1-8(10-11-2)9-6-4-3-5-7-9/h3-8,10H,1-2H3. The molecule has 0 saturated heterocycles. The zero-order valence-electron chi connectivity index (χ0n) is 6.87. The minimum Gasteiger partial charge on any atom is -0.305 e. The van der Waals surface area contributed by atoms with Crippen LogP contribution in [0.4, 0.5) is 0 Å². The predicted octanol–water partition coefficient (Wildman–Crippen LogP) is 1.90. The van der Waals surface area contributed by atoms with E-state index in [9.17, 15) is 0 Å². The Bertz CT molecular complexity index is 198. The Labute approximate surface area is 67.1 Å². The zero-order valence-corrected chi connectivity index (χ0v) is 6.87. The van der Waals surface area contributed by atoms with Crippen molar-refractivity contribution in [2.75, 3.05) is 7.11 Å². The van der Waals surface area contributed by atoms with Crippen LogP contribution >= 0.6 is 0 Å². The van der Waals surface area contributed by atoms with Gasteiger partial charge in [-0.3, -0.25) is 0 Å². The van der Waals surface area contributed by atoms with Crippen molar-refractivity contribution in [1.82, 2.24) is 5.48 Å². The SMILES string of the molecule is CONC(C)c1ccccc1. The van der Waals surface area contributed by atoms with E-state index < -0.39 is 0 Å². The summed E-state index contributed by atoms with van der Waals surface area (Å²) < 4.78 is 0. The molecule has 0 saturated carbocycles. The highest BCUT2D eigenvalue weighted by atomic mass is 16.6. The molecule has 0 heterocycles. The van der Waals surface area contributed by atoms with Crippen LogP contribution in [-0.2, 0) is 4.84 Å². The Morgan fingerprint density at radius 3 is 2.45 bits per heavy atom. The molecule has 2 nitrogen and oxygen atoms in total. The molecule has 0 fully saturated rings. The van der Waals surface area contributed by atoms with Crippen molar-refractivity contribution in [2.24, 2.45) is 0 Å². The summed E-state index contributed by atoms with van der Waals surface area (Å²) in [6, 6.07) is 10.4. The van der Waals surface area contributed by atoms with E-state index in [1.54, 1.807) is 7.11 Å². The van der Waals surface area contributed by atoms with E-state index in [0.717, 1.165) is 0 Å². The molecule has 1 rings (SSSR count). The topological polar surface area (TPSA) is 21.3 Å². The normalized spacial score (nSPS) is 12.9. The number of hydrogen-bond acceptors (Lipinski definition) is 2. The molecular weight excluding hydrogens is 138 g/mol. The van der Waals surface area contributed by atoms with Crippen LogP contribution in [0.2, 0.25) is 0 Å². The largest absolute Gasteiger partial charge is 0.305 e. The Balaban J connectivity index is 2.61. The summed E-state index contributed by atoms with van der Waals surface area (Å²) in [6.07, 6.45) is 0. The lowest BCUT2D eigenvalue weighted by atomic mass is 10.1. The number of hydroxylamine groups is 1. The molecule has 0 radical (unpaired) electrons. The van der Waals surface area contributed by atoms with Gasteiger partial charge >= 0.3 is 0 Å². The van der Waals surface area contributed by atoms with Crippen molar-refractivity contribution < 1.29 is 4.84 Å². The van der Waals surface area contributed by atoms with Gasteiger partial charge in [0.15, 0.2) is 0 Å². The van der Waals surface area contributed by atoms with Crippen molar-refractivity contribution in [3.63, 3.8) is 0 Å². The summed E-state index contributed by atoms with van der Waals surface area (Å²) in [7, 11) is 1.62. The van der Waals surface area contributed by atoms with Gasteiger partial charge < -0.3 is 4.84 Å². The van der Waals surface area contributed by atoms with Gasteiger partial charge in [-0.15, -0.1) is 0 Å². The summed E-state index contributed by atoms with van der Waals surface area (Å²) in [5.74, 6) is 0. The van der Waals surface area contributed by atoms with E-state index in [0.29, 0.717) is 0 Å². The second-order valence-corrected chi connectivity index (χ2v) is 2.45. The smallest absolute Gasteiger partial charge is 0.0572 e. The van der Waals surface area contributed by atoms with E-state index in [2.05, 4.69) is 24.5 Å². The summed E-state index contributed by atoms with van der Waals surface area (Å²) in [6.45, 7) is 2.05. The van der Waals surface area contributed by atoms with Crippen LogP contribution in [0.5, 0.6) is 0 Å². The van der Waals surface area contributed by atoms with Crippen LogP contribution < -0.4 is 5.48 Å². The first-order valence-electron chi connectivity index (χ1n) is 3.68. The number of rotatable bonds is 3. The minimum atomic E-state index is 0.251. The lowest BCUT2D eigenvalue weighted by Gasteiger charge is -2.10. The van der Waals surface area contributed by atoms with E-state index in [1.807, 2.05) is 18.2 Å². The maximum atomic E-state index is 4.81. The van der Waals surface area contributed by atoms with Gasteiger partial charge in [-0.05, 0) is 12.5 Å². The fourth-order valence-electron chi connectivity index (χ4n) is 0.987. The van der Waals surface area contributed by atoms with Crippen molar-refractivity contribution in [1.29, 1.82) is 0 Å². The van der Waals surface area contributed by atoms with Gasteiger partial charge in [0.1, 0.15) is 0 Å². The maximum absolute atomic E-state index is 4.81. The number of benzene rings is 1. The Hall–Kier alpha value is -0.860. The molecule has 1 N–H and O–H groups in total. The molecule has 1 atom stereocenters. The summed E-state index contributed by atoms with van der Waals surface area (Å²) in [5, 5.41) is 0. The van der Waals surface area contributed by atoms with Gasteiger partial charge in [0.25, 0.3) is 0 Å². The Kier molecular flexibility index (Phi) is 3.08. The first kappa shape index (κ1) is 8.24. The van der Waals surface area contributed by atoms with Crippen LogP contribution in [-0.4, -0.2) is 7.11 Å². The molecule has 0 aliphatic carbocycles. The molecule has 0 spiro atoms. The summed E-state index contributed by atoms with van der Waals surface area (Å²) in [4.78, 5) is 4.81. The van der Waals surface area contributed by atoms with Gasteiger partial charge in [0.05, 0.1) is 13.2 Å². The first-order chi connectivity index (χ1) is 5.34. The van der Waals surface area contributed by atoms with Crippen molar-refractivity contribution >= 4 is 0 Å². The molecule has 1 aromatic carbocycles. The lowest BCUT2D eigenvalue weighted by Crippen LogP contribution is -2.16. The highest BCUT2D eigenvalue weighted by molar-refractivity contribution is 5.17. The molecule has 1 unspecified atom stereocenters. The maximum Gasteiger partial charge on any atom is 0.0572 e. The first-order valence-corrected chi connectivity index (χ1v) is 3.68. The molecule has 60 valence electrons. The second-order valence-electron chi connectivity index (χ2n) is 2.45. The van der Waals surface area contributed by atoms with Crippen LogP contribution in [0.3, 0.4) is 0 Å². The number of hydrogen-bond donors (Lipinski definition) is 1. The van der Waals surface area contributed by atoms with E-state index in [1.165, 1.54) is 5.56 Å². The Morgan fingerprint density at radius 1 is 1.27 bits per heavy atom. The fourth-order valence-corrected chi connectivity index (χ4v) is 0.987. The minimum absolute atomic E-state index is 0.251. The van der Waals surface area contributed by atoms with Gasteiger partial charge in [-0.1, -0.05) is 30.3 Å². The molecule has 0 amide bonds. The van der Waals surface area contributed by atoms with E-state index >= 15 is 0 Å². The quantitative estimate of drug-likeness (QED) is 0.666. The van der Waals surface area contributed by atoms with Crippen LogP contribution in [0.25, 0.3) is 0 Å². The third-order valence-electron chi connectivity index (χ3n) is 1.59. The average molecular weight is 151 g/mol. The van der Waals surface area contributed by atoms with Crippen molar-refractivity contribution in [2.45, 2.75) is 13.0 Å². The molecule has 0 aliphatic rings. The van der Waals surface area contributed by atoms with Crippen molar-refractivity contribution in [3.05, 3.63) is 35.9 Å². The van der Waals surface area contributed by atoms with Crippen LogP contribution in [0.15, 0.2) is 30.3 Å². The van der Waals surface area contributed by atoms with Crippen LogP contribution in [0, 0.1) is 0 Å². The third kappa shape index (κ3) is 2.33. The van der Waals surface area contributed by atoms with E-state index in [-0.39, 0.29) is 6.04 Å². The summed E-state index contributed by atoms with van der Waals surface area (Å²) >= 11 is 0. The van der Waals surface area contributed by atoms with Gasteiger partial charge in [0, 0.05) is 0 Å². The lowest BCUT2D eigenvalue weighted by molar-refractivity contribution is 0.0659. The molecule has 0 bridgehead atoms. The third-order valence-corrected chi connectivity index (χ3v) is 1.59. The highest BCUT2D eigenvalue weighted by Crippen LogP contribution is 2.09. The fraction of sp³-hybridized carbons (Fsp3) is 0.333. The predicted molar refractivity (Wildman–Crippen MR) is 45.0 cm³/mol. The average Bonchev–Trinajstić information content (AvgIpc) is 2.07. The second kappa shape index (κ2) is 4.11. The molecule has 1 aromatic rings. The Morgan fingerprint density at radius 2 is 1.91 bits per heavy atom. The highest BCUT2D eigenvalue weighted by Gasteiger charge is 2.00. The molecule has 0 aliphatic heterocycles. The molecule has 0 aromatic heterocycles. The van der Waals surface area contributed by atoms with Crippen LogP contribution in [0.1, 0.15) is 18.5 Å². The molecular formula is C9H13NO. The molecule has 2 heteroatoms. The monoisotopic (exact) mass is 151 g/mol. The zero-order chi connectivity index (χ0) is 8.10. The van der Waals surface area contributed by atoms with E-state index in [4.69, 9.17) is 4.84 Å². The summed E-state index contributed by atoms with van der Waals surface area (Å²) in [5.41, 5.74) is 4.09.